The summed E-state index contributed by atoms with van der Waals surface area (Å²) in [6.45, 7) is 0. The molecule has 7 heteroatoms. The van der Waals surface area contributed by atoms with E-state index in [-0.39, 0.29) is 11.5 Å². The smallest absolute Gasteiger partial charge is 0.493 e. The Labute approximate surface area is 88.5 Å². The lowest BCUT2D eigenvalue weighted by Gasteiger charge is -2.14. The molecule has 1 aromatic rings. The van der Waals surface area contributed by atoms with E-state index in [0.717, 1.165) is 13.2 Å². The van der Waals surface area contributed by atoms with Crippen LogP contribution in [0.2, 0.25) is 0 Å². The minimum atomic E-state index is -4.92. The second-order valence-corrected chi connectivity index (χ2v) is 2.69. The summed E-state index contributed by atoms with van der Waals surface area (Å²) in [5, 5.41) is 0. The summed E-state index contributed by atoms with van der Waals surface area (Å²) >= 11 is 0. The molecule has 0 aliphatic rings. The molecule has 0 spiro atoms. The maximum atomic E-state index is 12.9. The average molecular weight is 240 g/mol. The molecule has 0 N–H and O–H groups in total. The predicted octanol–water partition coefficient (Wildman–Crippen LogP) is 2.74. The van der Waals surface area contributed by atoms with Gasteiger partial charge in [-0.1, -0.05) is 0 Å². The Morgan fingerprint density at radius 2 is 1.56 bits per heavy atom. The standard InChI is InChI=1S/C9H8F4O3/c1-14-6-3-5(10)4-7(8(6)15-2)16-9(11,12)13/h3-4H,1-2H3. The fraction of sp³-hybridized carbons (Fsp3) is 0.333. The topological polar surface area (TPSA) is 27.7 Å². The van der Waals surface area contributed by atoms with Gasteiger partial charge in [-0.25, -0.2) is 4.39 Å². The summed E-state index contributed by atoms with van der Waals surface area (Å²) in [5.74, 6) is -2.20. The van der Waals surface area contributed by atoms with Gasteiger partial charge in [-0.15, -0.1) is 13.2 Å². The molecule has 0 atom stereocenters. The van der Waals surface area contributed by atoms with Crippen molar-refractivity contribution in [2.24, 2.45) is 0 Å². The molecule has 0 unspecified atom stereocenters. The van der Waals surface area contributed by atoms with Crippen LogP contribution in [0.5, 0.6) is 17.2 Å². The lowest BCUT2D eigenvalue weighted by molar-refractivity contribution is -0.275. The fourth-order valence-corrected chi connectivity index (χ4v) is 1.10. The maximum Gasteiger partial charge on any atom is 0.573 e. The van der Waals surface area contributed by atoms with E-state index in [4.69, 9.17) is 0 Å². The van der Waals surface area contributed by atoms with Gasteiger partial charge >= 0.3 is 6.36 Å². The highest BCUT2D eigenvalue weighted by molar-refractivity contribution is 5.51. The van der Waals surface area contributed by atoms with Crippen LogP contribution in [0.3, 0.4) is 0 Å². The van der Waals surface area contributed by atoms with Crippen molar-refractivity contribution in [1.29, 1.82) is 0 Å². The first kappa shape index (κ1) is 12.4. The third-order valence-corrected chi connectivity index (χ3v) is 1.64. The lowest BCUT2D eigenvalue weighted by atomic mass is 10.3. The third-order valence-electron chi connectivity index (χ3n) is 1.64. The average Bonchev–Trinajstić information content (AvgIpc) is 2.14. The van der Waals surface area contributed by atoms with Gasteiger partial charge in [0.15, 0.2) is 11.5 Å². The highest BCUT2D eigenvalue weighted by Crippen LogP contribution is 2.40. The fourth-order valence-electron chi connectivity index (χ4n) is 1.10. The number of rotatable bonds is 3. The summed E-state index contributed by atoms with van der Waals surface area (Å²) in [6.07, 6.45) is -4.92. The number of benzene rings is 1. The van der Waals surface area contributed by atoms with Gasteiger partial charge in [-0.05, 0) is 0 Å². The Morgan fingerprint density at radius 1 is 1.00 bits per heavy atom. The van der Waals surface area contributed by atoms with Crippen LogP contribution in [0.25, 0.3) is 0 Å². The summed E-state index contributed by atoms with van der Waals surface area (Å²) in [5.41, 5.74) is 0. The highest BCUT2D eigenvalue weighted by atomic mass is 19.4. The summed E-state index contributed by atoms with van der Waals surface area (Å²) < 4.78 is 61.8. The van der Waals surface area contributed by atoms with Crippen molar-refractivity contribution in [3.63, 3.8) is 0 Å². The number of hydrogen-bond acceptors (Lipinski definition) is 3. The molecular weight excluding hydrogens is 232 g/mol. The van der Waals surface area contributed by atoms with E-state index < -0.39 is 17.9 Å². The van der Waals surface area contributed by atoms with Crippen molar-refractivity contribution >= 4 is 0 Å². The van der Waals surface area contributed by atoms with Crippen LogP contribution >= 0.6 is 0 Å². The van der Waals surface area contributed by atoms with E-state index in [0.29, 0.717) is 6.07 Å². The predicted molar refractivity (Wildman–Crippen MR) is 46.2 cm³/mol. The van der Waals surface area contributed by atoms with Crippen molar-refractivity contribution in [2.45, 2.75) is 6.36 Å². The Kier molecular flexibility index (Phi) is 3.46. The van der Waals surface area contributed by atoms with Gasteiger partial charge in [-0.2, -0.15) is 0 Å². The molecule has 0 aliphatic carbocycles. The molecule has 0 aliphatic heterocycles. The molecule has 0 amide bonds. The first-order valence-electron chi connectivity index (χ1n) is 4.04. The molecule has 3 nitrogen and oxygen atoms in total. The second-order valence-electron chi connectivity index (χ2n) is 2.69. The molecule has 0 fully saturated rings. The number of hydrogen-bond donors (Lipinski definition) is 0. The van der Waals surface area contributed by atoms with Crippen molar-refractivity contribution in [1.82, 2.24) is 0 Å². The molecule has 1 rings (SSSR count). The molecule has 0 saturated heterocycles. The first-order valence-corrected chi connectivity index (χ1v) is 4.04. The van der Waals surface area contributed by atoms with Crippen LogP contribution in [0.1, 0.15) is 0 Å². The van der Waals surface area contributed by atoms with Gasteiger partial charge in [0.1, 0.15) is 5.82 Å². The molecule has 90 valence electrons. The molecule has 1 aromatic carbocycles. The monoisotopic (exact) mass is 240 g/mol. The molecule has 0 radical (unpaired) electrons. The van der Waals surface area contributed by atoms with Gasteiger partial charge in [0.05, 0.1) is 14.2 Å². The Balaban J connectivity index is 3.20. The lowest BCUT2D eigenvalue weighted by Crippen LogP contribution is -2.18. The third kappa shape index (κ3) is 2.91. The van der Waals surface area contributed by atoms with Crippen LogP contribution in [0.4, 0.5) is 17.6 Å². The van der Waals surface area contributed by atoms with E-state index in [1.54, 1.807) is 0 Å². The molecule has 0 saturated carbocycles. The minimum absolute atomic E-state index is 0.179. The van der Waals surface area contributed by atoms with Crippen LogP contribution in [-0.2, 0) is 0 Å². The minimum Gasteiger partial charge on any atom is -0.493 e. The van der Waals surface area contributed by atoms with Gasteiger partial charge < -0.3 is 14.2 Å². The Bertz CT molecular complexity index is 376. The van der Waals surface area contributed by atoms with E-state index >= 15 is 0 Å². The van der Waals surface area contributed by atoms with Gasteiger partial charge in [-0.3, -0.25) is 0 Å². The quantitative estimate of drug-likeness (QED) is 0.760. The molecular formula is C9H8F4O3. The molecule has 0 aromatic heterocycles. The van der Waals surface area contributed by atoms with Gasteiger partial charge in [0.2, 0.25) is 5.75 Å². The van der Waals surface area contributed by atoms with E-state index in [2.05, 4.69) is 14.2 Å². The largest absolute Gasteiger partial charge is 0.573 e. The normalized spacial score (nSPS) is 11.1. The summed E-state index contributed by atoms with van der Waals surface area (Å²) in [6, 6.07) is 1.46. The number of methoxy groups -OCH3 is 2. The van der Waals surface area contributed by atoms with Crippen molar-refractivity contribution < 1.29 is 31.8 Å². The summed E-state index contributed by atoms with van der Waals surface area (Å²) in [7, 11) is 2.30. The van der Waals surface area contributed by atoms with Gasteiger partial charge in [0, 0.05) is 12.1 Å². The van der Waals surface area contributed by atoms with Gasteiger partial charge in [0.25, 0.3) is 0 Å². The molecule has 0 bridgehead atoms. The van der Waals surface area contributed by atoms with E-state index in [9.17, 15) is 17.6 Å². The highest BCUT2D eigenvalue weighted by Gasteiger charge is 2.33. The SMILES string of the molecule is COc1cc(F)cc(OC(F)(F)F)c1OC. The van der Waals surface area contributed by atoms with E-state index in [1.807, 2.05) is 0 Å². The van der Waals surface area contributed by atoms with Crippen LogP contribution in [-0.4, -0.2) is 20.6 Å². The van der Waals surface area contributed by atoms with E-state index in [1.165, 1.54) is 7.11 Å². The second kappa shape index (κ2) is 4.46. The van der Waals surface area contributed by atoms with Crippen molar-refractivity contribution in [2.75, 3.05) is 14.2 Å². The summed E-state index contributed by atoms with van der Waals surface area (Å²) in [4.78, 5) is 0. The number of ether oxygens (including phenoxy) is 3. The van der Waals surface area contributed by atoms with Crippen LogP contribution in [0, 0.1) is 5.82 Å². The first-order chi connectivity index (χ1) is 7.37. The van der Waals surface area contributed by atoms with Crippen molar-refractivity contribution in [3.8, 4) is 17.2 Å². The zero-order chi connectivity index (χ0) is 12.3. The molecule has 16 heavy (non-hydrogen) atoms. The zero-order valence-electron chi connectivity index (χ0n) is 8.39. The maximum absolute atomic E-state index is 12.9. The number of halogens is 4. The molecule has 0 heterocycles. The van der Waals surface area contributed by atoms with Crippen LogP contribution < -0.4 is 14.2 Å². The Hall–Kier alpha value is -1.66. The Morgan fingerprint density at radius 3 is 2.00 bits per heavy atom. The zero-order valence-corrected chi connectivity index (χ0v) is 8.39. The van der Waals surface area contributed by atoms with Crippen molar-refractivity contribution in [3.05, 3.63) is 17.9 Å². The van der Waals surface area contributed by atoms with Crippen LogP contribution in [0.15, 0.2) is 12.1 Å². The number of alkyl halides is 3.